The molecule has 1 N–H and O–H groups in total. The predicted molar refractivity (Wildman–Crippen MR) is 78.6 cm³/mol. The molecule has 1 aliphatic heterocycles. The van der Waals surface area contributed by atoms with Crippen LogP contribution in [0.1, 0.15) is 50.3 Å². The van der Waals surface area contributed by atoms with Crippen LogP contribution in [-0.2, 0) is 6.42 Å². The first-order valence-corrected chi connectivity index (χ1v) is 7.55. The Morgan fingerprint density at radius 3 is 2.89 bits per heavy atom. The molecule has 2 aliphatic rings. The minimum absolute atomic E-state index is 0.448. The molecule has 2 nitrogen and oxygen atoms in total. The Morgan fingerprint density at radius 2 is 2.21 bits per heavy atom. The molecule has 0 saturated heterocycles. The molecule has 104 valence electrons. The van der Waals surface area contributed by atoms with Crippen LogP contribution in [0.4, 0.5) is 0 Å². The molecule has 1 aliphatic carbocycles. The number of ether oxygens (including phenoxy) is 1. The summed E-state index contributed by atoms with van der Waals surface area (Å²) in [7, 11) is 2.10. The summed E-state index contributed by atoms with van der Waals surface area (Å²) >= 11 is 0. The van der Waals surface area contributed by atoms with Crippen molar-refractivity contribution < 1.29 is 4.74 Å². The van der Waals surface area contributed by atoms with Crippen molar-refractivity contribution >= 4 is 0 Å². The van der Waals surface area contributed by atoms with E-state index in [1.165, 1.54) is 30.4 Å². The highest BCUT2D eigenvalue weighted by Crippen LogP contribution is 2.49. The zero-order valence-corrected chi connectivity index (χ0v) is 12.3. The van der Waals surface area contributed by atoms with E-state index >= 15 is 0 Å². The number of hydrogen-bond acceptors (Lipinski definition) is 2. The number of fused-ring (bicyclic) bond motifs is 1. The van der Waals surface area contributed by atoms with Crippen molar-refractivity contribution in [2.75, 3.05) is 13.7 Å². The van der Waals surface area contributed by atoms with Crippen LogP contribution in [0.25, 0.3) is 0 Å². The van der Waals surface area contributed by atoms with E-state index in [0.29, 0.717) is 11.5 Å². The molecule has 1 saturated carbocycles. The molecule has 1 fully saturated rings. The lowest BCUT2D eigenvalue weighted by Crippen LogP contribution is -2.32. The van der Waals surface area contributed by atoms with Crippen molar-refractivity contribution in [3.05, 3.63) is 29.3 Å². The number of nitrogens with one attached hydrogen (secondary N) is 1. The molecule has 1 aromatic carbocycles. The molecule has 0 amide bonds. The molecule has 19 heavy (non-hydrogen) atoms. The van der Waals surface area contributed by atoms with Crippen molar-refractivity contribution in [3.8, 4) is 5.75 Å². The molecule has 0 aromatic heterocycles. The second-order valence-electron chi connectivity index (χ2n) is 6.72. The summed E-state index contributed by atoms with van der Waals surface area (Å²) in [4.78, 5) is 0. The minimum atomic E-state index is 0.448. The fourth-order valence-corrected chi connectivity index (χ4v) is 3.97. The molecular formula is C17H25NO. The second-order valence-corrected chi connectivity index (χ2v) is 6.72. The van der Waals surface area contributed by atoms with Gasteiger partial charge in [0.1, 0.15) is 5.75 Å². The van der Waals surface area contributed by atoms with Gasteiger partial charge in [-0.2, -0.15) is 0 Å². The zero-order chi connectivity index (χ0) is 13.5. The van der Waals surface area contributed by atoms with Crippen LogP contribution in [0.15, 0.2) is 18.2 Å². The van der Waals surface area contributed by atoms with Gasteiger partial charge in [0, 0.05) is 12.5 Å². The van der Waals surface area contributed by atoms with Gasteiger partial charge in [0.2, 0.25) is 0 Å². The van der Waals surface area contributed by atoms with E-state index in [4.69, 9.17) is 4.74 Å². The Morgan fingerprint density at radius 1 is 1.37 bits per heavy atom. The summed E-state index contributed by atoms with van der Waals surface area (Å²) in [6.07, 6.45) is 5.12. The molecule has 0 spiro atoms. The minimum Gasteiger partial charge on any atom is -0.493 e. The monoisotopic (exact) mass is 259 g/mol. The molecule has 2 unspecified atom stereocenters. The summed E-state index contributed by atoms with van der Waals surface area (Å²) in [6.45, 7) is 5.69. The highest BCUT2D eigenvalue weighted by Gasteiger charge is 2.39. The van der Waals surface area contributed by atoms with E-state index in [9.17, 15) is 0 Å². The van der Waals surface area contributed by atoms with E-state index < -0.39 is 0 Å². The number of rotatable bonds is 3. The molecule has 0 radical (unpaired) electrons. The number of benzene rings is 1. The van der Waals surface area contributed by atoms with Gasteiger partial charge in [-0.1, -0.05) is 32.4 Å². The molecular weight excluding hydrogens is 234 g/mol. The van der Waals surface area contributed by atoms with Crippen LogP contribution in [0.2, 0.25) is 0 Å². The van der Waals surface area contributed by atoms with Gasteiger partial charge in [-0.3, -0.25) is 0 Å². The van der Waals surface area contributed by atoms with Crippen LogP contribution >= 0.6 is 0 Å². The van der Waals surface area contributed by atoms with E-state index in [1.807, 2.05) is 0 Å². The van der Waals surface area contributed by atoms with Crippen LogP contribution < -0.4 is 10.1 Å². The smallest absolute Gasteiger partial charge is 0.122 e. The zero-order valence-electron chi connectivity index (χ0n) is 12.3. The first-order chi connectivity index (χ1) is 9.12. The normalized spacial score (nSPS) is 25.9. The maximum atomic E-state index is 5.61. The topological polar surface area (TPSA) is 21.3 Å². The second kappa shape index (κ2) is 4.82. The van der Waals surface area contributed by atoms with Crippen molar-refractivity contribution in [3.63, 3.8) is 0 Å². The predicted octanol–water partition coefficient (Wildman–Crippen LogP) is 3.71. The van der Waals surface area contributed by atoms with Crippen molar-refractivity contribution in [1.29, 1.82) is 0 Å². The highest BCUT2D eigenvalue weighted by molar-refractivity contribution is 5.41. The fourth-order valence-electron chi connectivity index (χ4n) is 3.97. The maximum absolute atomic E-state index is 5.61. The van der Waals surface area contributed by atoms with Gasteiger partial charge in [-0.05, 0) is 48.4 Å². The molecule has 2 atom stereocenters. The maximum Gasteiger partial charge on any atom is 0.122 e. The molecule has 0 bridgehead atoms. The highest BCUT2D eigenvalue weighted by atomic mass is 16.5. The SMILES string of the molecule is CNC(c1ccc2c(c1)CCO2)C1CCCC1(C)C. The summed E-state index contributed by atoms with van der Waals surface area (Å²) in [5, 5.41) is 3.57. The number of hydrogen-bond donors (Lipinski definition) is 1. The van der Waals surface area contributed by atoms with Crippen molar-refractivity contribution in [2.24, 2.45) is 11.3 Å². The van der Waals surface area contributed by atoms with Gasteiger partial charge in [-0.25, -0.2) is 0 Å². The standard InChI is InChI=1S/C17H25NO/c1-17(2)9-4-5-14(17)16(18-3)13-6-7-15-12(11-13)8-10-19-15/h6-7,11,14,16,18H,4-5,8-10H2,1-3H3. The molecule has 1 heterocycles. The third-order valence-electron chi connectivity index (χ3n) is 5.13. The first-order valence-electron chi connectivity index (χ1n) is 7.55. The Kier molecular flexibility index (Phi) is 3.30. The Labute approximate surface area is 116 Å². The van der Waals surface area contributed by atoms with Crippen LogP contribution in [-0.4, -0.2) is 13.7 Å². The van der Waals surface area contributed by atoms with E-state index in [-0.39, 0.29) is 0 Å². The quantitative estimate of drug-likeness (QED) is 0.893. The van der Waals surface area contributed by atoms with E-state index in [0.717, 1.165) is 24.7 Å². The lowest BCUT2D eigenvalue weighted by molar-refractivity contribution is 0.203. The van der Waals surface area contributed by atoms with Crippen LogP contribution in [0.3, 0.4) is 0 Å². The van der Waals surface area contributed by atoms with Crippen LogP contribution in [0.5, 0.6) is 5.75 Å². The lowest BCUT2D eigenvalue weighted by atomic mass is 9.75. The molecule has 2 heteroatoms. The van der Waals surface area contributed by atoms with Gasteiger partial charge in [-0.15, -0.1) is 0 Å². The average molecular weight is 259 g/mol. The average Bonchev–Trinajstić information content (AvgIpc) is 2.97. The fraction of sp³-hybridized carbons (Fsp3) is 0.647. The largest absolute Gasteiger partial charge is 0.493 e. The van der Waals surface area contributed by atoms with E-state index in [1.54, 1.807) is 0 Å². The van der Waals surface area contributed by atoms with Gasteiger partial charge in [0.15, 0.2) is 0 Å². The third-order valence-corrected chi connectivity index (χ3v) is 5.13. The summed E-state index contributed by atoms with van der Waals surface area (Å²) in [5.74, 6) is 1.82. The Hall–Kier alpha value is -1.02. The Balaban J connectivity index is 1.90. The molecule has 3 rings (SSSR count). The van der Waals surface area contributed by atoms with Gasteiger partial charge in [0.25, 0.3) is 0 Å². The third kappa shape index (κ3) is 2.27. The summed E-state index contributed by atoms with van der Waals surface area (Å²) in [5.41, 5.74) is 3.27. The summed E-state index contributed by atoms with van der Waals surface area (Å²) in [6, 6.07) is 7.24. The van der Waals surface area contributed by atoms with Gasteiger partial charge >= 0.3 is 0 Å². The molecule has 1 aromatic rings. The summed E-state index contributed by atoms with van der Waals surface area (Å²) < 4.78 is 5.61. The Bertz CT molecular complexity index is 466. The van der Waals surface area contributed by atoms with Gasteiger partial charge in [0.05, 0.1) is 6.61 Å². The van der Waals surface area contributed by atoms with Crippen molar-refractivity contribution in [2.45, 2.75) is 45.6 Å². The van der Waals surface area contributed by atoms with Gasteiger partial charge < -0.3 is 10.1 Å². The van der Waals surface area contributed by atoms with Crippen molar-refractivity contribution in [1.82, 2.24) is 5.32 Å². The van der Waals surface area contributed by atoms with Crippen LogP contribution in [0, 0.1) is 11.3 Å². The lowest BCUT2D eigenvalue weighted by Gasteiger charge is -2.34. The first kappa shape index (κ1) is 13.0. The van der Waals surface area contributed by atoms with E-state index in [2.05, 4.69) is 44.4 Å².